The first-order valence-corrected chi connectivity index (χ1v) is 13.8. The Hall–Kier alpha value is -5.06. The first-order valence-electron chi connectivity index (χ1n) is 13.8. The number of amides is 3. The van der Waals surface area contributed by atoms with Crippen LogP contribution in [0.1, 0.15) is 44.4 Å². The van der Waals surface area contributed by atoms with Crippen LogP contribution in [-0.2, 0) is 20.8 Å². The van der Waals surface area contributed by atoms with Crippen molar-refractivity contribution >= 4 is 34.8 Å². The zero-order chi connectivity index (χ0) is 31.3. The number of carbonyl (C=O) groups excluding carboxylic acids is 3. The maximum atomic E-state index is 13.5. The van der Waals surface area contributed by atoms with Gasteiger partial charge in [-0.1, -0.05) is 6.07 Å². The molecule has 1 aliphatic carbocycles. The minimum Gasteiger partial charge on any atom is -0.493 e. The molecule has 1 aliphatic rings. The molecule has 0 bridgehead atoms. The highest BCUT2D eigenvalue weighted by atomic mass is 16.5. The van der Waals surface area contributed by atoms with Gasteiger partial charge in [0.05, 0.1) is 33.1 Å². The van der Waals surface area contributed by atoms with Crippen LogP contribution in [0.2, 0.25) is 0 Å². The Kier molecular flexibility index (Phi) is 9.54. The molecule has 4 rings (SSSR count). The van der Waals surface area contributed by atoms with E-state index in [0.29, 0.717) is 52.6 Å². The van der Waals surface area contributed by atoms with Crippen LogP contribution < -0.4 is 40.9 Å². The van der Waals surface area contributed by atoms with Crippen molar-refractivity contribution in [3.63, 3.8) is 0 Å². The highest BCUT2D eigenvalue weighted by Gasteiger charge is 2.29. The Bertz CT molecular complexity index is 1610. The zero-order valence-corrected chi connectivity index (χ0v) is 25.0. The van der Waals surface area contributed by atoms with Gasteiger partial charge in [-0.15, -0.1) is 0 Å². The fourth-order valence-electron chi connectivity index (χ4n) is 5.22. The molecule has 0 aliphatic heterocycles. The highest BCUT2D eigenvalue weighted by Crippen LogP contribution is 2.50. The predicted octanol–water partition coefficient (Wildman–Crippen LogP) is 4.26. The minimum atomic E-state index is -0.776. The van der Waals surface area contributed by atoms with Crippen molar-refractivity contribution in [2.24, 2.45) is 0 Å². The second-order valence-electron chi connectivity index (χ2n) is 10.2. The third-order valence-corrected chi connectivity index (χ3v) is 7.15. The Morgan fingerprint density at radius 3 is 2.07 bits per heavy atom. The molecule has 3 aromatic rings. The molecule has 226 valence electrons. The first-order chi connectivity index (χ1) is 20.6. The van der Waals surface area contributed by atoms with Gasteiger partial charge >= 0.3 is 0 Å². The number of aryl methyl sites for hydroxylation is 1. The monoisotopic (exact) mass is 588 g/mol. The number of carbonyl (C=O) groups is 3. The molecule has 2 unspecified atom stereocenters. The van der Waals surface area contributed by atoms with Crippen molar-refractivity contribution in [2.75, 3.05) is 37.3 Å². The topological polar surface area (TPSA) is 144 Å². The summed E-state index contributed by atoms with van der Waals surface area (Å²) in [5.41, 5.74) is 3.95. The van der Waals surface area contributed by atoms with Gasteiger partial charge in [0, 0.05) is 30.8 Å². The number of nitrogens with one attached hydrogen (secondary N) is 4. The summed E-state index contributed by atoms with van der Waals surface area (Å²) in [6.45, 7) is 4.50. The summed E-state index contributed by atoms with van der Waals surface area (Å²) < 4.78 is 17.0. The summed E-state index contributed by atoms with van der Waals surface area (Å²) in [6.07, 6.45) is 1.11. The summed E-state index contributed by atoms with van der Waals surface area (Å²) >= 11 is 0. The molecule has 0 heterocycles. The van der Waals surface area contributed by atoms with E-state index in [0.717, 1.165) is 11.1 Å². The third kappa shape index (κ3) is 6.88. The Morgan fingerprint density at radius 2 is 1.49 bits per heavy atom. The second-order valence-corrected chi connectivity index (χ2v) is 10.2. The molecule has 11 nitrogen and oxygen atoms in total. The predicted molar refractivity (Wildman–Crippen MR) is 165 cm³/mol. The molecular weight excluding hydrogens is 552 g/mol. The van der Waals surface area contributed by atoms with Crippen LogP contribution in [-0.4, -0.2) is 45.1 Å². The summed E-state index contributed by atoms with van der Waals surface area (Å²) in [6, 6.07) is 12.3. The van der Waals surface area contributed by atoms with Crippen LogP contribution in [0.3, 0.4) is 0 Å². The van der Waals surface area contributed by atoms with Gasteiger partial charge in [-0.2, -0.15) is 0 Å². The van der Waals surface area contributed by atoms with Gasteiger partial charge in [0.2, 0.25) is 28.9 Å². The minimum absolute atomic E-state index is 0.194. The Morgan fingerprint density at radius 1 is 0.837 bits per heavy atom. The van der Waals surface area contributed by atoms with E-state index in [4.69, 9.17) is 14.2 Å². The van der Waals surface area contributed by atoms with Gasteiger partial charge in [-0.25, -0.2) is 0 Å². The van der Waals surface area contributed by atoms with Crippen molar-refractivity contribution in [3.05, 3.63) is 69.9 Å². The number of hydrogen-bond acceptors (Lipinski definition) is 8. The fraction of sp³-hybridized carbons (Fsp3) is 0.312. The maximum Gasteiger partial charge on any atom is 0.246 e. The number of benzene rings is 2. The molecular formula is C32H36N4O7. The molecule has 0 saturated carbocycles. The van der Waals surface area contributed by atoms with Gasteiger partial charge in [-0.05, 0) is 78.9 Å². The Balaban J connectivity index is 1.72. The number of hydrogen-bond donors (Lipinski definition) is 4. The van der Waals surface area contributed by atoms with Crippen molar-refractivity contribution < 1.29 is 28.6 Å². The van der Waals surface area contributed by atoms with Gasteiger partial charge < -0.3 is 35.5 Å². The third-order valence-electron chi connectivity index (χ3n) is 7.15. The number of anilines is 3. The summed E-state index contributed by atoms with van der Waals surface area (Å²) in [4.78, 5) is 50.0. The maximum absolute atomic E-state index is 13.5. The number of ether oxygens (including phenoxy) is 3. The van der Waals surface area contributed by atoms with E-state index < -0.39 is 12.1 Å². The molecule has 2 atom stereocenters. The van der Waals surface area contributed by atoms with Crippen LogP contribution in [0.25, 0.3) is 11.1 Å². The van der Waals surface area contributed by atoms with E-state index in [1.54, 1.807) is 50.4 Å². The molecule has 4 N–H and O–H groups in total. The van der Waals surface area contributed by atoms with Crippen molar-refractivity contribution in [2.45, 2.75) is 45.7 Å². The molecule has 3 amide bonds. The first kappa shape index (κ1) is 30.9. The quantitative estimate of drug-likeness (QED) is 0.290. The van der Waals surface area contributed by atoms with E-state index in [-0.39, 0.29) is 28.8 Å². The van der Waals surface area contributed by atoms with Crippen LogP contribution >= 0.6 is 0 Å². The van der Waals surface area contributed by atoms with E-state index in [1.807, 2.05) is 6.07 Å². The summed E-state index contributed by atoms with van der Waals surface area (Å²) in [7, 11) is 4.61. The SMILES string of the molecule is COc1cc2c(c(OC)c1OC)-c1ccc(NC(C)C(=O)Nc3ccc(NC(C)=O)cc3)c(=O)cc1C(NC(C)=O)CC2. The largest absolute Gasteiger partial charge is 0.493 e. The van der Waals surface area contributed by atoms with Crippen LogP contribution in [0.15, 0.2) is 53.3 Å². The molecule has 11 heteroatoms. The van der Waals surface area contributed by atoms with Gasteiger partial charge in [-0.3, -0.25) is 19.2 Å². The fourth-order valence-corrected chi connectivity index (χ4v) is 5.22. The second kappa shape index (κ2) is 13.3. The lowest BCUT2D eigenvalue weighted by atomic mass is 9.95. The standard InChI is InChI=1S/C32H36N4O7/c1-17(32(40)36-22-10-8-21(9-11-22)34-18(2)37)33-26-14-12-23-24(16-27(26)39)25(35-19(3)38)13-7-20-15-28(41-4)30(42-5)31(43-6)29(20)23/h8-12,14-17,25H,7,13H2,1-6H3,(H,33,39)(H,34,37)(H,35,38)(H,36,40). The van der Waals surface area contributed by atoms with E-state index in [9.17, 15) is 19.2 Å². The molecule has 3 aromatic carbocycles. The molecule has 0 radical (unpaired) electrons. The van der Waals surface area contributed by atoms with Crippen LogP contribution in [0.4, 0.5) is 17.1 Å². The van der Waals surface area contributed by atoms with Gasteiger partial charge in [0.1, 0.15) is 6.04 Å². The normalized spacial score (nSPS) is 14.1. The average Bonchev–Trinajstić information content (AvgIpc) is 3.21. The lowest BCUT2D eigenvalue weighted by Crippen LogP contribution is -2.33. The number of fused-ring (bicyclic) bond motifs is 3. The average molecular weight is 589 g/mol. The lowest BCUT2D eigenvalue weighted by Gasteiger charge is -2.19. The zero-order valence-electron chi connectivity index (χ0n) is 25.0. The molecule has 0 saturated heterocycles. The van der Waals surface area contributed by atoms with Crippen molar-refractivity contribution in [3.8, 4) is 28.4 Å². The summed E-state index contributed by atoms with van der Waals surface area (Å²) in [5.74, 6) is 0.591. The smallest absolute Gasteiger partial charge is 0.246 e. The van der Waals surface area contributed by atoms with Gasteiger partial charge in [0.15, 0.2) is 11.5 Å². The molecule has 43 heavy (non-hydrogen) atoms. The van der Waals surface area contributed by atoms with Gasteiger partial charge in [0.25, 0.3) is 0 Å². The van der Waals surface area contributed by atoms with E-state index in [2.05, 4.69) is 21.3 Å². The summed E-state index contributed by atoms with van der Waals surface area (Å²) in [5, 5.41) is 11.5. The molecule has 0 fully saturated rings. The Labute approximate surface area is 249 Å². The molecule has 0 spiro atoms. The van der Waals surface area contributed by atoms with Crippen molar-refractivity contribution in [1.82, 2.24) is 5.32 Å². The van der Waals surface area contributed by atoms with Crippen LogP contribution in [0.5, 0.6) is 17.2 Å². The van der Waals surface area contributed by atoms with E-state index in [1.165, 1.54) is 34.1 Å². The van der Waals surface area contributed by atoms with Crippen molar-refractivity contribution in [1.29, 1.82) is 0 Å². The van der Waals surface area contributed by atoms with E-state index >= 15 is 0 Å². The number of rotatable bonds is 9. The van der Waals surface area contributed by atoms with Crippen LogP contribution in [0, 0.1) is 0 Å². The number of methoxy groups -OCH3 is 3. The lowest BCUT2D eigenvalue weighted by molar-refractivity contribution is -0.120. The molecule has 0 aromatic heterocycles. The highest BCUT2D eigenvalue weighted by molar-refractivity contribution is 5.97.